The molecule has 0 radical (unpaired) electrons. The first-order valence-electron chi connectivity index (χ1n) is 11.6. The minimum atomic E-state index is -1.30. The van der Waals surface area contributed by atoms with Gasteiger partial charge in [-0.25, -0.2) is 4.79 Å². The third-order valence-corrected chi connectivity index (χ3v) is 5.51. The molecule has 0 aromatic heterocycles. The van der Waals surface area contributed by atoms with Crippen LogP contribution in [0.4, 0.5) is 0 Å². The van der Waals surface area contributed by atoms with Crippen LogP contribution in [0.1, 0.15) is 116 Å². The quantitative estimate of drug-likeness (QED) is 0.252. The van der Waals surface area contributed by atoms with Gasteiger partial charge in [0.25, 0.3) is 0 Å². The molecule has 6 heteroatoms. The summed E-state index contributed by atoms with van der Waals surface area (Å²) in [5, 5.41) is 17.9. The van der Waals surface area contributed by atoms with Crippen LogP contribution in [0.3, 0.4) is 0 Å². The van der Waals surface area contributed by atoms with E-state index in [9.17, 15) is 14.4 Å². The third kappa shape index (κ3) is 16.0. The van der Waals surface area contributed by atoms with E-state index in [0.717, 1.165) is 24.2 Å². The fourth-order valence-corrected chi connectivity index (χ4v) is 3.55. The maximum Gasteiger partial charge on any atom is 0.327 e. The molecule has 0 rings (SSSR count). The van der Waals surface area contributed by atoms with Crippen molar-refractivity contribution >= 4 is 17.8 Å². The molecule has 0 saturated carbocycles. The van der Waals surface area contributed by atoms with Crippen molar-refractivity contribution in [2.45, 2.75) is 122 Å². The van der Waals surface area contributed by atoms with Gasteiger partial charge in [-0.2, -0.15) is 0 Å². The number of carboxylic acids is 2. The van der Waals surface area contributed by atoms with Gasteiger partial charge in [0.2, 0.25) is 5.91 Å². The van der Waals surface area contributed by atoms with Gasteiger partial charge in [-0.15, -0.1) is 0 Å². The summed E-state index contributed by atoms with van der Waals surface area (Å²) in [7, 11) is 1.37. The number of hydrogen-bond donors (Lipinski definition) is 2. The number of nitrogens with zero attached hydrogens (tertiary/aromatic N) is 1. The minimum absolute atomic E-state index is 0.276. The number of amides is 1. The van der Waals surface area contributed by atoms with E-state index in [0.29, 0.717) is 0 Å². The topological polar surface area (TPSA) is 94.9 Å². The fraction of sp³-hybridized carbons (Fsp3) is 0.870. The lowest BCUT2D eigenvalue weighted by molar-refractivity contribution is -0.153. The van der Waals surface area contributed by atoms with Gasteiger partial charge < -0.3 is 15.1 Å². The van der Waals surface area contributed by atoms with Crippen molar-refractivity contribution < 1.29 is 24.6 Å². The van der Waals surface area contributed by atoms with Crippen molar-refractivity contribution in [1.82, 2.24) is 4.90 Å². The minimum Gasteiger partial charge on any atom is -0.481 e. The highest BCUT2D eigenvalue weighted by molar-refractivity contribution is 5.86. The molecule has 29 heavy (non-hydrogen) atoms. The smallest absolute Gasteiger partial charge is 0.327 e. The van der Waals surface area contributed by atoms with Gasteiger partial charge in [-0.05, 0) is 6.42 Å². The van der Waals surface area contributed by atoms with Gasteiger partial charge in [-0.3, -0.25) is 9.59 Å². The van der Waals surface area contributed by atoms with Crippen LogP contribution in [0.25, 0.3) is 0 Å². The first kappa shape index (κ1) is 27.4. The molecule has 0 fully saturated rings. The molecule has 0 aliphatic rings. The Balaban J connectivity index is 3.57. The SMILES string of the molecule is CCCCCCCCCCCCCCCCCC(=O)N(C)[C@@H](CC(=O)O)C(=O)O. The molecule has 1 atom stereocenters. The Bertz CT molecular complexity index is 453. The molecule has 0 aromatic rings. The van der Waals surface area contributed by atoms with Crippen molar-refractivity contribution in [3.63, 3.8) is 0 Å². The van der Waals surface area contributed by atoms with Crippen LogP contribution in [0.2, 0.25) is 0 Å². The van der Waals surface area contributed by atoms with Gasteiger partial charge in [0.1, 0.15) is 6.04 Å². The Morgan fingerprint density at radius 1 is 0.690 bits per heavy atom. The summed E-state index contributed by atoms with van der Waals surface area (Å²) in [5.74, 6) is -2.79. The van der Waals surface area contributed by atoms with Gasteiger partial charge in [0, 0.05) is 13.5 Å². The van der Waals surface area contributed by atoms with E-state index >= 15 is 0 Å². The summed E-state index contributed by atoms with van der Waals surface area (Å²) >= 11 is 0. The fourth-order valence-electron chi connectivity index (χ4n) is 3.55. The first-order chi connectivity index (χ1) is 13.9. The highest BCUT2D eigenvalue weighted by atomic mass is 16.4. The monoisotopic (exact) mass is 413 g/mol. The molecule has 0 aliphatic carbocycles. The van der Waals surface area contributed by atoms with E-state index in [1.165, 1.54) is 84.1 Å². The van der Waals surface area contributed by atoms with Crippen molar-refractivity contribution in [3.05, 3.63) is 0 Å². The molecule has 0 bridgehead atoms. The lowest BCUT2D eigenvalue weighted by Gasteiger charge is -2.23. The number of hydrogen-bond acceptors (Lipinski definition) is 3. The highest BCUT2D eigenvalue weighted by Gasteiger charge is 2.28. The van der Waals surface area contributed by atoms with Crippen LogP contribution in [0.5, 0.6) is 0 Å². The number of carbonyl (C=O) groups excluding carboxylic acids is 1. The summed E-state index contributed by atoms with van der Waals surface area (Å²) in [5.41, 5.74) is 0. The summed E-state index contributed by atoms with van der Waals surface area (Å²) in [4.78, 5) is 35.0. The average molecular weight is 414 g/mol. The Morgan fingerprint density at radius 3 is 1.41 bits per heavy atom. The Labute approximate surface area is 177 Å². The molecule has 6 nitrogen and oxygen atoms in total. The maximum absolute atomic E-state index is 12.1. The van der Waals surface area contributed by atoms with Crippen molar-refractivity contribution in [3.8, 4) is 0 Å². The van der Waals surface area contributed by atoms with Crippen molar-refractivity contribution in [2.24, 2.45) is 0 Å². The van der Waals surface area contributed by atoms with Crippen LogP contribution >= 0.6 is 0 Å². The molecule has 0 unspecified atom stereocenters. The number of rotatable bonds is 20. The van der Waals surface area contributed by atoms with E-state index in [1.54, 1.807) is 0 Å². The molecule has 1 amide bonds. The number of aliphatic carboxylic acids is 2. The molecule has 2 N–H and O–H groups in total. The molecule has 0 aromatic carbocycles. The Morgan fingerprint density at radius 2 is 1.07 bits per heavy atom. The summed E-state index contributed by atoms with van der Waals surface area (Å²) in [6.07, 6.45) is 18.4. The predicted molar refractivity (Wildman–Crippen MR) is 116 cm³/mol. The Kier molecular flexibility index (Phi) is 17.4. The number of likely N-dealkylation sites (N-methyl/N-ethyl adjacent to an activating group) is 1. The summed E-state index contributed by atoms with van der Waals surface area (Å²) in [6.45, 7) is 2.25. The van der Waals surface area contributed by atoms with Crippen molar-refractivity contribution in [1.29, 1.82) is 0 Å². The molecule has 170 valence electrons. The van der Waals surface area contributed by atoms with E-state index in [-0.39, 0.29) is 12.3 Å². The number of carboxylic acid groups (broad SMARTS) is 2. The Hall–Kier alpha value is -1.59. The van der Waals surface area contributed by atoms with Gasteiger partial charge >= 0.3 is 11.9 Å². The second-order valence-corrected chi connectivity index (χ2v) is 8.16. The van der Waals surface area contributed by atoms with Gasteiger partial charge in [0.15, 0.2) is 0 Å². The molecular weight excluding hydrogens is 370 g/mol. The van der Waals surface area contributed by atoms with E-state index < -0.39 is 24.4 Å². The zero-order valence-electron chi connectivity index (χ0n) is 18.7. The maximum atomic E-state index is 12.1. The third-order valence-electron chi connectivity index (χ3n) is 5.51. The lowest BCUT2D eigenvalue weighted by Crippen LogP contribution is -2.43. The predicted octanol–water partition coefficient (Wildman–Crippen LogP) is 5.63. The standard InChI is InChI=1S/C23H43NO5/c1-3-4-5-6-7-8-9-10-11-12-13-14-15-16-17-18-21(25)24(2)20(23(28)29)19-22(26)27/h20H,3-19H2,1-2H3,(H,26,27)(H,28,29)/t20-/m0/s1. The molecule has 0 spiro atoms. The van der Waals surface area contributed by atoms with E-state index in [4.69, 9.17) is 10.2 Å². The lowest BCUT2D eigenvalue weighted by atomic mass is 10.0. The molecule has 0 aliphatic heterocycles. The number of unbranched alkanes of at least 4 members (excludes halogenated alkanes) is 14. The van der Waals surface area contributed by atoms with E-state index in [2.05, 4.69) is 6.92 Å². The van der Waals surface area contributed by atoms with Gasteiger partial charge in [0.05, 0.1) is 6.42 Å². The van der Waals surface area contributed by atoms with Gasteiger partial charge in [-0.1, -0.05) is 96.8 Å². The number of carbonyl (C=O) groups is 3. The molecule has 0 saturated heterocycles. The summed E-state index contributed by atoms with van der Waals surface area (Å²) in [6, 6.07) is -1.30. The first-order valence-corrected chi connectivity index (χ1v) is 11.6. The second-order valence-electron chi connectivity index (χ2n) is 8.16. The second kappa shape index (κ2) is 18.4. The van der Waals surface area contributed by atoms with E-state index in [1.807, 2.05) is 0 Å². The van der Waals surface area contributed by atoms with Crippen LogP contribution in [-0.4, -0.2) is 46.0 Å². The molecular formula is C23H43NO5. The zero-order chi connectivity index (χ0) is 21.9. The largest absolute Gasteiger partial charge is 0.481 e. The average Bonchev–Trinajstić information content (AvgIpc) is 2.68. The van der Waals surface area contributed by atoms with Crippen LogP contribution in [-0.2, 0) is 14.4 Å². The van der Waals surface area contributed by atoms with Crippen LogP contribution < -0.4 is 0 Å². The zero-order valence-corrected chi connectivity index (χ0v) is 18.7. The normalized spacial score (nSPS) is 11.9. The summed E-state index contributed by atoms with van der Waals surface area (Å²) < 4.78 is 0. The van der Waals surface area contributed by atoms with Crippen LogP contribution in [0.15, 0.2) is 0 Å². The van der Waals surface area contributed by atoms with Crippen LogP contribution in [0, 0.1) is 0 Å². The molecule has 0 heterocycles. The van der Waals surface area contributed by atoms with Crippen molar-refractivity contribution in [2.75, 3.05) is 7.05 Å². The highest BCUT2D eigenvalue weighted by Crippen LogP contribution is 2.14.